The Hall–Kier alpha value is -1.32. The lowest BCUT2D eigenvalue weighted by atomic mass is 10.0. The second-order valence-electron chi connectivity index (χ2n) is 4.74. The smallest absolute Gasteiger partial charge is 0.136 e. The maximum Gasteiger partial charge on any atom is 0.136 e. The van der Waals surface area contributed by atoms with E-state index in [9.17, 15) is 4.39 Å². The van der Waals surface area contributed by atoms with E-state index in [0.717, 1.165) is 5.56 Å². The zero-order valence-corrected chi connectivity index (χ0v) is 12.0. The summed E-state index contributed by atoms with van der Waals surface area (Å²) in [4.78, 5) is 0.645. The van der Waals surface area contributed by atoms with Gasteiger partial charge in [0.2, 0.25) is 0 Å². The Labute approximate surface area is 118 Å². The van der Waals surface area contributed by atoms with Gasteiger partial charge in [0.1, 0.15) is 5.82 Å². The summed E-state index contributed by atoms with van der Waals surface area (Å²) >= 11 is 1.49. The van der Waals surface area contributed by atoms with Crippen LogP contribution in [-0.2, 0) is 0 Å². The lowest BCUT2D eigenvalue weighted by Crippen LogP contribution is -2.22. The molecule has 0 bridgehead atoms. The van der Waals surface area contributed by atoms with Crippen molar-refractivity contribution in [2.45, 2.75) is 30.0 Å². The minimum atomic E-state index is -0.189. The third kappa shape index (κ3) is 3.58. The topological polar surface area (TPSA) is 26.0 Å². The van der Waals surface area contributed by atoms with Gasteiger partial charge in [-0.15, -0.1) is 11.8 Å². The molecule has 0 heterocycles. The van der Waals surface area contributed by atoms with Crippen LogP contribution in [0.4, 0.5) is 4.39 Å². The first-order chi connectivity index (χ1) is 9.08. The van der Waals surface area contributed by atoms with Crippen LogP contribution in [0.25, 0.3) is 0 Å². The van der Waals surface area contributed by atoms with Crippen LogP contribution in [0.5, 0.6) is 0 Å². The van der Waals surface area contributed by atoms with E-state index >= 15 is 0 Å². The number of rotatable bonds is 4. The summed E-state index contributed by atoms with van der Waals surface area (Å²) < 4.78 is 13.7. The van der Waals surface area contributed by atoms with Crippen LogP contribution in [0, 0.1) is 12.7 Å². The molecule has 0 saturated carbocycles. The summed E-state index contributed by atoms with van der Waals surface area (Å²) in [5.41, 5.74) is 8.41. The molecule has 0 aliphatic heterocycles. The zero-order valence-electron chi connectivity index (χ0n) is 11.1. The lowest BCUT2D eigenvalue weighted by Gasteiger charge is -2.21. The summed E-state index contributed by atoms with van der Waals surface area (Å²) in [6.07, 6.45) is 0. The molecule has 2 aromatic carbocycles. The van der Waals surface area contributed by atoms with Crippen molar-refractivity contribution >= 4 is 11.8 Å². The average Bonchev–Trinajstić information content (AvgIpc) is 2.37. The van der Waals surface area contributed by atoms with Crippen LogP contribution in [0.2, 0.25) is 0 Å². The predicted molar refractivity (Wildman–Crippen MR) is 79.8 cm³/mol. The van der Waals surface area contributed by atoms with Crippen LogP contribution in [-0.4, -0.2) is 6.04 Å². The van der Waals surface area contributed by atoms with Crippen molar-refractivity contribution in [2.24, 2.45) is 5.73 Å². The van der Waals surface area contributed by atoms with Gasteiger partial charge in [0.05, 0.1) is 0 Å². The second-order valence-corrected chi connectivity index (χ2v) is 5.93. The molecule has 0 spiro atoms. The number of aryl methyl sites for hydroxylation is 1. The lowest BCUT2D eigenvalue weighted by molar-refractivity contribution is 0.600. The third-order valence-electron chi connectivity index (χ3n) is 2.94. The molecule has 0 saturated heterocycles. The SMILES string of the molecule is Cc1cccc(C(Sc2ccccc2F)C(C)N)c1. The van der Waals surface area contributed by atoms with Gasteiger partial charge in [-0.1, -0.05) is 42.0 Å². The van der Waals surface area contributed by atoms with Crippen molar-refractivity contribution in [1.82, 2.24) is 0 Å². The summed E-state index contributed by atoms with van der Waals surface area (Å²) in [5.74, 6) is -0.189. The molecule has 0 aliphatic carbocycles. The molecule has 0 aromatic heterocycles. The molecular weight excluding hydrogens is 257 g/mol. The number of halogens is 1. The van der Waals surface area contributed by atoms with E-state index in [-0.39, 0.29) is 17.1 Å². The van der Waals surface area contributed by atoms with E-state index in [1.54, 1.807) is 12.1 Å². The second kappa shape index (κ2) is 6.22. The van der Waals surface area contributed by atoms with Crippen molar-refractivity contribution in [3.63, 3.8) is 0 Å². The molecule has 3 heteroatoms. The molecule has 0 amide bonds. The van der Waals surface area contributed by atoms with Crippen molar-refractivity contribution < 1.29 is 4.39 Å². The molecule has 19 heavy (non-hydrogen) atoms. The Kier molecular flexibility index (Phi) is 4.61. The molecule has 100 valence electrons. The maximum atomic E-state index is 13.7. The minimum Gasteiger partial charge on any atom is -0.327 e. The standard InChI is InChI=1S/C16H18FNS/c1-11-6-5-7-13(10-11)16(12(2)18)19-15-9-4-3-8-14(15)17/h3-10,12,16H,18H2,1-2H3. The molecule has 2 unspecified atom stereocenters. The van der Waals surface area contributed by atoms with Crippen molar-refractivity contribution in [1.29, 1.82) is 0 Å². The van der Waals surface area contributed by atoms with Gasteiger partial charge in [-0.05, 0) is 31.5 Å². The highest BCUT2D eigenvalue weighted by atomic mass is 32.2. The highest BCUT2D eigenvalue weighted by molar-refractivity contribution is 7.99. The Morgan fingerprint density at radius 1 is 1.11 bits per heavy atom. The highest BCUT2D eigenvalue weighted by Gasteiger charge is 2.19. The van der Waals surface area contributed by atoms with Gasteiger partial charge in [0.25, 0.3) is 0 Å². The third-order valence-corrected chi connectivity index (χ3v) is 4.48. The van der Waals surface area contributed by atoms with Crippen LogP contribution in [0.3, 0.4) is 0 Å². The van der Waals surface area contributed by atoms with Crippen LogP contribution >= 0.6 is 11.8 Å². The predicted octanol–water partition coefficient (Wildman–Crippen LogP) is 4.31. The Balaban J connectivity index is 2.29. The molecule has 0 aliphatic rings. The fraction of sp³-hybridized carbons (Fsp3) is 0.250. The number of hydrogen-bond donors (Lipinski definition) is 1. The van der Waals surface area contributed by atoms with Gasteiger partial charge >= 0.3 is 0 Å². The molecule has 0 radical (unpaired) electrons. The quantitative estimate of drug-likeness (QED) is 0.841. The number of nitrogens with two attached hydrogens (primary N) is 1. The number of benzene rings is 2. The van der Waals surface area contributed by atoms with E-state index in [2.05, 4.69) is 25.1 Å². The van der Waals surface area contributed by atoms with Gasteiger partial charge < -0.3 is 5.73 Å². The molecule has 0 fully saturated rings. The van der Waals surface area contributed by atoms with Gasteiger partial charge in [0.15, 0.2) is 0 Å². The molecule has 2 atom stereocenters. The van der Waals surface area contributed by atoms with E-state index < -0.39 is 0 Å². The average molecular weight is 275 g/mol. The molecule has 2 aromatic rings. The van der Waals surface area contributed by atoms with Gasteiger partial charge in [-0.25, -0.2) is 4.39 Å². The van der Waals surface area contributed by atoms with Crippen LogP contribution in [0.1, 0.15) is 23.3 Å². The first-order valence-corrected chi connectivity index (χ1v) is 7.19. The van der Waals surface area contributed by atoms with E-state index in [4.69, 9.17) is 5.73 Å². The Morgan fingerprint density at radius 3 is 2.47 bits per heavy atom. The van der Waals surface area contributed by atoms with Gasteiger partial charge in [-0.2, -0.15) is 0 Å². The zero-order chi connectivity index (χ0) is 13.8. The van der Waals surface area contributed by atoms with Crippen molar-refractivity contribution in [3.8, 4) is 0 Å². The van der Waals surface area contributed by atoms with E-state index in [0.29, 0.717) is 4.90 Å². The summed E-state index contributed by atoms with van der Waals surface area (Å²) in [6.45, 7) is 4.01. The summed E-state index contributed by atoms with van der Waals surface area (Å²) in [7, 11) is 0. The van der Waals surface area contributed by atoms with Gasteiger partial charge in [-0.3, -0.25) is 0 Å². The first-order valence-electron chi connectivity index (χ1n) is 6.31. The molecule has 2 N–H and O–H groups in total. The minimum absolute atomic E-state index is 0.0496. The van der Waals surface area contributed by atoms with Gasteiger partial charge in [0, 0.05) is 16.2 Å². The van der Waals surface area contributed by atoms with E-state index in [1.165, 1.54) is 23.4 Å². The fourth-order valence-corrected chi connectivity index (χ4v) is 3.11. The first kappa shape index (κ1) is 14.1. The normalized spacial score (nSPS) is 14.1. The Bertz CT molecular complexity index is 554. The molecule has 2 rings (SSSR count). The van der Waals surface area contributed by atoms with Crippen LogP contribution < -0.4 is 5.73 Å². The van der Waals surface area contributed by atoms with Crippen molar-refractivity contribution in [2.75, 3.05) is 0 Å². The summed E-state index contributed by atoms with van der Waals surface area (Å²) in [6, 6.07) is 15.0. The number of hydrogen-bond acceptors (Lipinski definition) is 2. The van der Waals surface area contributed by atoms with Crippen LogP contribution in [0.15, 0.2) is 53.4 Å². The largest absolute Gasteiger partial charge is 0.327 e. The summed E-state index contributed by atoms with van der Waals surface area (Å²) in [5, 5.41) is 0.0526. The fourth-order valence-electron chi connectivity index (χ4n) is 2.00. The number of thioether (sulfide) groups is 1. The highest BCUT2D eigenvalue weighted by Crippen LogP contribution is 2.38. The van der Waals surface area contributed by atoms with E-state index in [1.807, 2.05) is 19.1 Å². The molecular formula is C16H18FNS. The Morgan fingerprint density at radius 2 is 1.84 bits per heavy atom. The molecule has 1 nitrogen and oxygen atoms in total. The maximum absolute atomic E-state index is 13.7. The monoisotopic (exact) mass is 275 g/mol. The van der Waals surface area contributed by atoms with Crippen molar-refractivity contribution in [3.05, 3.63) is 65.5 Å².